The van der Waals surface area contributed by atoms with Crippen LogP contribution in [-0.4, -0.2) is 12.3 Å². The Morgan fingerprint density at radius 3 is 3.06 bits per heavy atom. The van der Waals surface area contributed by atoms with E-state index in [0.717, 1.165) is 24.3 Å². The highest BCUT2D eigenvalue weighted by Crippen LogP contribution is 2.36. The molecule has 1 aliphatic rings. The fraction of sp³-hybridized carbons (Fsp3) is 0.571. The van der Waals surface area contributed by atoms with Gasteiger partial charge in [0.1, 0.15) is 5.82 Å². The van der Waals surface area contributed by atoms with Gasteiger partial charge in [0, 0.05) is 10.9 Å². The normalized spacial score (nSPS) is 19.4. The van der Waals surface area contributed by atoms with Crippen molar-refractivity contribution >= 4 is 11.8 Å². The Hall–Kier alpha value is -0.540. The van der Waals surface area contributed by atoms with Crippen LogP contribution in [0.5, 0.6) is 0 Å². The average molecular weight is 253 g/mol. The molecule has 0 aromatic heterocycles. The fourth-order valence-electron chi connectivity index (χ4n) is 2.12. The molecule has 0 saturated heterocycles. The molecule has 0 amide bonds. The maximum Gasteiger partial charge on any atom is 0.123 e. The van der Waals surface area contributed by atoms with Crippen molar-refractivity contribution in [3.8, 4) is 0 Å². The summed E-state index contributed by atoms with van der Waals surface area (Å²) in [5.41, 5.74) is 1.14. The van der Waals surface area contributed by atoms with Crippen LogP contribution in [0.4, 0.5) is 4.39 Å². The summed E-state index contributed by atoms with van der Waals surface area (Å²) in [6, 6.07) is 5.49. The van der Waals surface area contributed by atoms with Crippen molar-refractivity contribution in [3.63, 3.8) is 0 Å². The number of fused-ring (bicyclic) bond motifs is 1. The van der Waals surface area contributed by atoms with Gasteiger partial charge in [-0.05, 0) is 54.8 Å². The molecule has 0 bridgehead atoms. The van der Waals surface area contributed by atoms with E-state index in [1.807, 2.05) is 17.8 Å². The SMILES string of the molecule is CC(C)CCNC1CCSc2ccc(F)cc21. The topological polar surface area (TPSA) is 12.0 Å². The largest absolute Gasteiger partial charge is 0.310 e. The summed E-state index contributed by atoms with van der Waals surface area (Å²) in [6.07, 6.45) is 2.27. The predicted molar refractivity (Wildman–Crippen MR) is 71.9 cm³/mol. The zero-order chi connectivity index (χ0) is 12.3. The van der Waals surface area contributed by atoms with Crippen LogP contribution in [0.15, 0.2) is 23.1 Å². The first kappa shape index (κ1) is 12.9. The van der Waals surface area contributed by atoms with Crippen molar-refractivity contribution in [1.29, 1.82) is 0 Å². The first-order valence-electron chi connectivity index (χ1n) is 6.32. The maximum absolute atomic E-state index is 13.3. The Balaban J connectivity index is 2.03. The Bertz CT molecular complexity index is 378. The minimum atomic E-state index is -0.123. The van der Waals surface area contributed by atoms with Crippen molar-refractivity contribution in [2.45, 2.75) is 37.6 Å². The summed E-state index contributed by atoms with van der Waals surface area (Å²) in [5.74, 6) is 1.71. The molecular weight excluding hydrogens is 233 g/mol. The molecule has 1 nitrogen and oxygen atoms in total. The van der Waals surface area contributed by atoms with E-state index in [4.69, 9.17) is 0 Å². The second kappa shape index (κ2) is 5.87. The van der Waals surface area contributed by atoms with Gasteiger partial charge in [0.2, 0.25) is 0 Å². The van der Waals surface area contributed by atoms with Gasteiger partial charge in [0.05, 0.1) is 0 Å². The zero-order valence-electron chi connectivity index (χ0n) is 10.5. The number of rotatable bonds is 4. The first-order chi connectivity index (χ1) is 8.16. The third kappa shape index (κ3) is 3.46. The van der Waals surface area contributed by atoms with Crippen LogP contribution in [0.3, 0.4) is 0 Å². The highest BCUT2D eigenvalue weighted by molar-refractivity contribution is 7.99. The van der Waals surface area contributed by atoms with Gasteiger partial charge < -0.3 is 5.32 Å². The number of thioether (sulfide) groups is 1. The number of benzene rings is 1. The van der Waals surface area contributed by atoms with E-state index in [1.54, 1.807) is 12.1 Å². The third-order valence-electron chi connectivity index (χ3n) is 3.12. The van der Waals surface area contributed by atoms with Crippen LogP contribution in [-0.2, 0) is 0 Å². The zero-order valence-corrected chi connectivity index (χ0v) is 11.3. The molecule has 1 aromatic carbocycles. The van der Waals surface area contributed by atoms with E-state index in [1.165, 1.54) is 11.3 Å². The van der Waals surface area contributed by atoms with Gasteiger partial charge in [0.15, 0.2) is 0 Å². The third-order valence-corrected chi connectivity index (χ3v) is 4.25. The highest BCUT2D eigenvalue weighted by atomic mass is 32.2. The Morgan fingerprint density at radius 1 is 1.47 bits per heavy atom. The van der Waals surface area contributed by atoms with E-state index in [2.05, 4.69) is 19.2 Å². The molecule has 1 heterocycles. The molecule has 3 heteroatoms. The molecule has 1 N–H and O–H groups in total. The lowest BCUT2D eigenvalue weighted by atomic mass is 10.0. The monoisotopic (exact) mass is 253 g/mol. The van der Waals surface area contributed by atoms with Gasteiger partial charge in [-0.1, -0.05) is 13.8 Å². The average Bonchev–Trinajstić information content (AvgIpc) is 2.29. The minimum Gasteiger partial charge on any atom is -0.310 e. The van der Waals surface area contributed by atoms with Crippen LogP contribution >= 0.6 is 11.8 Å². The quantitative estimate of drug-likeness (QED) is 0.870. The summed E-state index contributed by atoms with van der Waals surface area (Å²) >= 11 is 1.83. The molecule has 0 fully saturated rings. The van der Waals surface area contributed by atoms with E-state index in [-0.39, 0.29) is 5.82 Å². The fourth-order valence-corrected chi connectivity index (χ4v) is 3.23. The van der Waals surface area contributed by atoms with Gasteiger partial charge in [0.25, 0.3) is 0 Å². The molecule has 1 aromatic rings. The van der Waals surface area contributed by atoms with Gasteiger partial charge >= 0.3 is 0 Å². The Morgan fingerprint density at radius 2 is 2.29 bits per heavy atom. The Labute approximate surface area is 107 Å². The predicted octanol–water partition coefficient (Wildman–Crippen LogP) is 4.00. The van der Waals surface area contributed by atoms with E-state index in [0.29, 0.717) is 12.0 Å². The number of nitrogens with one attached hydrogen (secondary N) is 1. The van der Waals surface area contributed by atoms with E-state index in [9.17, 15) is 4.39 Å². The molecule has 1 atom stereocenters. The lowest BCUT2D eigenvalue weighted by Crippen LogP contribution is -2.26. The maximum atomic E-state index is 13.3. The van der Waals surface area contributed by atoms with Crippen LogP contribution in [0.2, 0.25) is 0 Å². The molecule has 0 saturated carbocycles. The number of halogens is 1. The van der Waals surface area contributed by atoms with E-state index >= 15 is 0 Å². The van der Waals surface area contributed by atoms with E-state index < -0.39 is 0 Å². The second-order valence-corrected chi connectivity index (χ2v) is 6.15. The lowest BCUT2D eigenvalue weighted by molar-refractivity contribution is 0.462. The second-order valence-electron chi connectivity index (χ2n) is 5.01. The summed E-state index contributed by atoms with van der Waals surface area (Å²) in [7, 11) is 0. The summed E-state index contributed by atoms with van der Waals surface area (Å²) in [5, 5.41) is 3.56. The molecule has 1 unspecified atom stereocenters. The molecular formula is C14H20FNS. The van der Waals surface area contributed by atoms with Crippen LogP contribution < -0.4 is 5.32 Å². The van der Waals surface area contributed by atoms with Crippen LogP contribution in [0.1, 0.15) is 38.3 Å². The van der Waals surface area contributed by atoms with Gasteiger partial charge in [-0.25, -0.2) is 4.39 Å². The summed E-state index contributed by atoms with van der Waals surface area (Å²) in [6.45, 7) is 5.47. The highest BCUT2D eigenvalue weighted by Gasteiger charge is 2.20. The summed E-state index contributed by atoms with van der Waals surface area (Å²) in [4.78, 5) is 1.24. The standard InChI is InChI=1S/C14H20FNS/c1-10(2)5-7-16-13-6-8-17-14-4-3-11(15)9-12(13)14/h3-4,9-10,13,16H,5-8H2,1-2H3. The number of hydrogen-bond acceptors (Lipinski definition) is 2. The molecule has 17 heavy (non-hydrogen) atoms. The molecule has 94 valence electrons. The molecule has 0 radical (unpaired) electrons. The van der Waals surface area contributed by atoms with Crippen molar-refractivity contribution in [3.05, 3.63) is 29.6 Å². The molecule has 0 spiro atoms. The van der Waals surface area contributed by atoms with Crippen molar-refractivity contribution in [1.82, 2.24) is 5.32 Å². The smallest absolute Gasteiger partial charge is 0.123 e. The lowest BCUT2D eigenvalue weighted by Gasteiger charge is -2.26. The van der Waals surface area contributed by atoms with Gasteiger partial charge in [-0.15, -0.1) is 11.8 Å². The molecule has 0 aliphatic carbocycles. The first-order valence-corrected chi connectivity index (χ1v) is 7.31. The van der Waals surface area contributed by atoms with Crippen molar-refractivity contribution < 1.29 is 4.39 Å². The Kier molecular flexibility index (Phi) is 4.46. The van der Waals surface area contributed by atoms with Crippen LogP contribution in [0, 0.1) is 11.7 Å². The van der Waals surface area contributed by atoms with Crippen molar-refractivity contribution in [2.75, 3.05) is 12.3 Å². The van der Waals surface area contributed by atoms with Gasteiger partial charge in [-0.3, -0.25) is 0 Å². The molecule has 1 aliphatic heterocycles. The molecule has 2 rings (SSSR count). The minimum absolute atomic E-state index is 0.123. The van der Waals surface area contributed by atoms with Crippen LogP contribution in [0.25, 0.3) is 0 Å². The number of hydrogen-bond donors (Lipinski definition) is 1. The van der Waals surface area contributed by atoms with Gasteiger partial charge in [-0.2, -0.15) is 0 Å². The van der Waals surface area contributed by atoms with Crippen molar-refractivity contribution in [2.24, 2.45) is 5.92 Å². The summed E-state index contributed by atoms with van der Waals surface area (Å²) < 4.78 is 13.3.